The molecule has 1 saturated heterocycles. The molecule has 0 radical (unpaired) electrons. The van der Waals surface area contributed by atoms with Crippen molar-refractivity contribution < 1.29 is 14.3 Å². The average Bonchev–Trinajstić information content (AvgIpc) is 2.64. The van der Waals surface area contributed by atoms with Gasteiger partial charge in [-0.05, 0) is 31.4 Å². The van der Waals surface area contributed by atoms with Crippen molar-refractivity contribution in [2.75, 3.05) is 39.5 Å². The largest absolute Gasteiger partial charge is 0.379 e. The summed E-state index contributed by atoms with van der Waals surface area (Å²) >= 11 is 0. The van der Waals surface area contributed by atoms with Gasteiger partial charge in [-0.2, -0.15) is 0 Å². The maximum Gasteiger partial charge on any atom is 0.252 e. The molecular formula is C19H31ClN2O3. The Kier molecular flexibility index (Phi) is 10.0. The second-order valence-electron chi connectivity index (χ2n) is 6.06. The van der Waals surface area contributed by atoms with Gasteiger partial charge in [-0.25, -0.2) is 0 Å². The minimum absolute atomic E-state index is 0. The van der Waals surface area contributed by atoms with Crippen LogP contribution in [0, 0.1) is 0 Å². The molecule has 2 rings (SSSR count). The first-order valence-corrected chi connectivity index (χ1v) is 8.96. The fourth-order valence-electron chi connectivity index (χ4n) is 2.97. The Morgan fingerprint density at radius 1 is 1.28 bits per heavy atom. The lowest BCUT2D eigenvalue weighted by Crippen LogP contribution is -2.51. The second kappa shape index (κ2) is 11.5. The molecule has 1 aromatic carbocycles. The molecule has 2 atom stereocenters. The van der Waals surface area contributed by atoms with Crippen molar-refractivity contribution in [2.24, 2.45) is 0 Å². The summed E-state index contributed by atoms with van der Waals surface area (Å²) in [6, 6.07) is 8.63. The molecule has 1 aliphatic heterocycles. The standard InChI is InChI=1S/C19H30N2O3.ClH/c1-4-16-6-8-17(9-7-16)18-14-20-10-11-21(18)19(22)15(3)24-13-12-23-5-2;/h6-9,15,18,20H,4-5,10-14H2,1-3H3;1H. The van der Waals surface area contributed by atoms with Gasteiger partial charge in [-0.1, -0.05) is 31.2 Å². The quantitative estimate of drug-likeness (QED) is 0.714. The summed E-state index contributed by atoms with van der Waals surface area (Å²) in [5, 5.41) is 3.39. The van der Waals surface area contributed by atoms with Gasteiger partial charge in [0.1, 0.15) is 6.10 Å². The molecule has 1 amide bonds. The molecule has 0 saturated carbocycles. The van der Waals surface area contributed by atoms with Crippen molar-refractivity contribution >= 4 is 18.3 Å². The van der Waals surface area contributed by atoms with Gasteiger partial charge in [-0.15, -0.1) is 12.4 Å². The Bertz CT molecular complexity index is 510. The van der Waals surface area contributed by atoms with Crippen LogP contribution in [-0.4, -0.2) is 56.4 Å². The Morgan fingerprint density at radius 3 is 2.64 bits per heavy atom. The summed E-state index contributed by atoms with van der Waals surface area (Å²) in [5.74, 6) is 0.0533. The monoisotopic (exact) mass is 370 g/mol. The van der Waals surface area contributed by atoms with Crippen LogP contribution in [0.3, 0.4) is 0 Å². The SMILES string of the molecule is CCOCCOC(C)C(=O)N1CCNCC1c1ccc(CC)cc1.Cl. The van der Waals surface area contributed by atoms with Gasteiger partial charge in [0.05, 0.1) is 19.3 Å². The number of piperazine rings is 1. The summed E-state index contributed by atoms with van der Waals surface area (Å²) in [7, 11) is 0. The van der Waals surface area contributed by atoms with Crippen molar-refractivity contribution in [2.45, 2.75) is 39.3 Å². The Balaban J connectivity index is 0.00000312. The Labute approximate surface area is 157 Å². The third-order valence-electron chi connectivity index (χ3n) is 4.45. The Hall–Kier alpha value is -1.14. The van der Waals surface area contributed by atoms with E-state index >= 15 is 0 Å². The highest BCUT2D eigenvalue weighted by molar-refractivity contribution is 5.85. The van der Waals surface area contributed by atoms with Gasteiger partial charge in [-0.3, -0.25) is 4.79 Å². The fourth-order valence-corrected chi connectivity index (χ4v) is 2.97. The molecule has 1 heterocycles. The molecule has 1 N–H and O–H groups in total. The average molecular weight is 371 g/mol. The topological polar surface area (TPSA) is 50.8 Å². The molecule has 0 spiro atoms. The second-order valence-corrected chi connectivity index (χ2v) is 6.06. The van der Waals surface area contributed by atoms with E-state index in [1.807, 2.05) is 18.7 Å². The highest BCUT2D eigenvalue weighted by Gasteiger charge is 2.30. The summed E-state index contributed by atoms with van der Waals surface area (Å²) in [4.78, 5) is 14.7. The van der Waals surface area contributed by atoms with Gasteiger partial charge >= 0.3 is 0 Å². The van der Waals surface area contributed by atoms with E-state index in [0.29, 0.717) is 26.4 Å². The van der Waals surface area contributed by atoms with Crippen LogP contribution in [0.4, 0.5) is 0 Å². The number of hydrogen-bond acceptors (Lipinski definition) is 4. The van der Waals surface area contributed by atoms with Crippen LogP contribution in [0.5, 0.6) is 0 Å². The summed E-state index contributed by atoms with van der Waals surface area (Å²) < 4.78 is 10.9. The van der Waals surface area contributed by atoms with Crippen molar-refractivity contribution in [3.63, 3.8) is 0 Å². The highest BCUT2D eigenvalue weighted by Crippen LogP contribution is 2.24. The van der Waals surface area contributed by atoms with Gasteiger partial charge in [0.2, 0.25) is 0 Å². The van der Waals surface area contributed by atoms with E-state index in [0.717, 1.165) is 19.5 Å². The molecule has 2 unspecified atom stereocenters. The van der Waals surface area contributed by atoms with E-state index < -0.39 is 6.10 Å². The van der Waals surface area contributed by atoms with Gasteiger partial charge in [0.15, 0.2) is 0 Å². The summed E-state index contributed by atoms with van der Waals surface area (Å²) in [5.41, 5.74) is 2.49. The molecule has 0 aromatic heterocycles. The maximum atomic E-state index is 12.8. The third-order valence-corrected chi connectivity index (χ3v) is 4.45. The lowest BCUT2D eigenvalue weighted by molar-refractivity contribution is -0.147. The summed E-state index contributed by atoms with van der Waals surface area (Å²) in [6.45, 7) is 9.87. The third kappa shape index (κ3) is 6.26. The Morgan fingerprint density at radius 2 is 2.00 bits per heavy atom. The van der Waals surface area contributed by atoms with Crippen molar-refractivity contribution in [1.82, 2.24) is 10.2 Å². The molecule has 0 bridgehead atoms. The first-order valence-electron chi connectivity index (χ1n) is 8.96. The predicted octanol–water partition coefficient (Wildman–Crippen LogP) is 2.59. The fraction of sp³-hybridized carbons (Fsp3) is 0.632. The van der Waals surface area contributed by atoms with Crippen LogP contribution < -0.4 is 5.32 Å². The van der Waals surface area contributed by atoms with Crippen LogP contribution in [-0.2, 0) is 20.7 Å². The van der Waals surface area contributed by atoms with Crippen LogP contribution in [0.1, 0.15) is 37.9 Å². The van der Waals surface area contributed by atoms with E-state index in [9.17, 15) is 4.79 Å². The molecule has 6 heteroatoms. The number of aryl methyl sites for hydroxylation is 1. The number of carbonyl (C=O) groups excluding carboxylic acids is 1. The molecule has 1 aliphatic rings. The highest BCUT2D eigenvalue weighted by atomic mass is 35.5. The minimum atomic E-state index is -0.444. The van der Waals surface area contributed by atoms with E-state index in [1.54, 1.807) is 0 Å². The number of nitrogens with zero attached hydrogens (tertiary/aromatic N) is 1. The number of carbonyl (C=O) groups is 1. The summed E-state index contributed by atoms with van der Waals surface area (Å²) in [6.07, 6.45) is 0.581. The first kappa shape index (κ1) is 21.9. The van der Waals surface area contributed by atoms with Crippen molar-refractivity contribution in [3.05, 3.63) is 35.4 Å². The maximum absolute atomic E-state index is 12.8. The molecule has 5 nitrogen and oxygen atoms in total. The number of nitrogens with one attached hydrogen (secondary N) is 1. The van der Waals surface area contributed by atoms with Gasteiger partial charge in [0, 0.05) is 26.2 Å². The van der Waals surface area contributed by atoms with Gasteiger partial charge < -0.3 is 19.7 Å². The molecule has 142 valence electrons. The lowest BCUT2D eigenvalue weighted by atomic mass is 10.0. The zero-order chi connectivity index (χ0) is 17.4. The number of benzene rings is 1. The molecule has 25 heavy (non-hydrogen) atoms. The first-order chi connectivity index (χ1) is 11.7. The van der Waals surface area contributed by atoms with Crippen molar-refractivity contribution in [1.29, 1.82) is 0 Å². The van der Waals surface area contributed by atoms with E-state index in [1.165, 1.54) is 11.1 Å². The molecular weight excluding hydrogens is 340 g/mol. The van der Waals surface area contributed by atoms with E-state index in [-0.39, 0.29) is 24.4 Å². The molecule has 1 fully saturated rings. The lowest BCUT2D eigenvalue weighted by Gasteiger charge is -2.38. The number of ether oxygens (including phenoxy) is 2. The van der Waals surface area contributed by atoms with Gasteiger partial charge in [0.25, 0.3) is 5.91 Å². The normalized spacial score (nSPS) is 18.5. The van der Waals surface area contributed by atoms with E-state index in [2.05, 4.69) is 36.5 Å². The number of rotatable bonds is 8. The predicted molar refractivity (Wildman–Crippen MR) is 102 cm³/mol. The number of halogens is 1. The minimum Gasteiger partial charge on any atom is -0.379 e. The number of amides is 1. The van der Waals surface area contributed by atoms with Crippen LogP contribution in [0.25, 0.3) is 0 Å². The zero-order valence-corrected chi connectivity index (χ0v) is 16.3. The van der Waals surface area contributed by atoms with E-state index in [4.69, 9.17) is 9.47 Å². The molecule has 1 aromatic rings. The molecule has 0 aliphatic carbocycles. The van der Waals surface area contributed by atoms with Crippen LogP contribution in [0.15, 0.2) is 24.3 Å². The smallest absolute Gasteiger partial charge is 0.252 e. The van der Waals surface area contributed by atoms with Crippen LogP contribution in [0.2, 0.25) is 0 Å². The van der Waals surface area contributed by atoms with Crippen molar-refractivity contribution in [3.8, 4) is 0 Å². The zero-order valence-electron chi connectivity index (χ0n) is 15.5. The van der Waals surface area contributed by atoms with Crippen LogP contribution >= 0.6 is 12.4 Å². The number of hydrogen-bond donors (Lipinski definition) is 1.